The summed E-state index contributed by atoms with van der Waals surface area (Å²) >= 11 is 2.84. The van der Waals surface area contributed by atoms with E-state index < -0.39 is 0 Å². The molecular formula is C14H11N3OS2. The maximum atomic E-state index is 12.0. The highest BCUT2D eigenvalue weighted by atomic mass is 32.1. The second-order valence-electron chi connectivity index (χ2n) is 4.20. The Hall–Kier alpha value is -2.05. The van der Waals surface area contributed by atoms with Crippen molar-refractivity contribution in [2.75, 3.05) is 5.32 Å². The summed E-state index contributed by atoms with van der Waals surface area (Å²) in [6, 6.07) is 8.09. The van der Waals surface area contributed by atoms with Gasteiger partial charge in [0.2, 0.25) is 0 Å². The van der Waals surface area contributed by atoms with Gasteiger partial charge in [0.25, 0.3) is 5.91 Å². The first-order valence-electron chi connectivity index (χ1n) is 5.96. The Morgan fingerprint density at radius 3 is 2.70 bits per heavy atom. The largest absolute Gasteiger partial charge is 0.296 e. The lowest BCUT2D eigenvalue weighted by atomic mass is 10.2. The van der Waals surface area contributed by atoms with Gasteiger partial charge in [-0.3, -0.25) is 10.1 Å². The van der Waals surface area contributed by atoms with Crippen LogP contribution in [0.2, 0.25) is 0 Å². The number of aryl methyl sites for hydroxylation is 1. The van der Waals surface area contributed by atoms with Gasteiger partial charge in [-0.05, 0) is 6.92 Å². The molecule has 4 nitrogen and oxygen atoms in total. The Kier molecular flexibility index (Phi) is 3.58. The van der Waals surface area contributed by atoms with Crippen LogP contribution in [0.1, 0.15) is 16.1 Å². The van der Waals surface area contributed by atoms with Gasteiger partial charge >= 0.3 is 0 Å². The molecule has 1 amide bonds. The van der Waals surface area contributed by atoms with Crippen molar-refractivity contribution in [1.29, 1.82) is 0 Å². The van der Waals surface area contributed by atoms with E-state index in [0.29, 0.717) is 10.8 Å². The van der Waals surface area contributed by atoms with Crippen LogP contribution in [-0.2, 0) is 0 Å². The van der Waals surface area contributed by atoms with Crippen LogP contribution in [0, 0.1) is 6.92 Å². The molecule has 0 aliphatic rings. The first kappa shape index (κ1) is 13.0. The number of benzene rings is 1. The zero-order valence-electron chi connectivity index (χ0n) is 10.7. The van der Waals surface area contributed by atoms with E-state index in [2.05, 4.69) is 15.3 Å². The average molecular weight is 301 g/mol. The van der Waals surface area contributed by atoms with E-state index in [1.165, 1.54) is 28.2 Å². The summed E-state index contributed by atoms with van der Waals surface area (Å²) in [5.41, 5.74) is 2.64. The quantitative estimate of drug-likeness (QED) is 0.800. The molecule has 1 N–H and O–H groups in total. The molecule has 0 radical (unpaired) electrons. The molecule has 0 unspecified atom stereocenters. The number of aromatic nitrogens is 2. The fourth-order valence-corrected chi connectivity index (χ4v) is 2.98. The number of carbonyl (C=O) groups is 1. The first-order valence-corrected chi connectivity index (χ1v) is 7.72. The maximum Gasteiger partial charge on any atom is 0.276 e. The highest BCUT2D eigenvalue weighted by Crippen LogP contribution is 2.24. The minimum Gasteiger partial charge on any atom is -0.296 e. The monoisotopic (exact) mass is 301 g/mol. The van der Waals surface area contributed by atoms with Crippen LogP contribution in [0.3, 0.4) is 0 Å². The molecule has 100 valence electrons. The van der Waals surface area contributed by atoms with Crippen molar-refractivity contribution >= 4 is 33.7 Å². The minimum atomic E-state index is -0.227. The van der Waals surface area contributed by atoms with Crippen LogP contribution in [0.25, 0.3) is 10.6 Å². The predicted molar refractivity (Wildman–Crippen MR) is 82.4 cm³/mol. The van der Waals surface area contributed by atoms with E-state index >= 15 is 0 Å². The van der Waals surface area contributed by atoms with Gasteiger partial charge in [0.1, 0.15) is 10.7 Å². The summed E-state index contributed by atoms with van der Waals surface area (Å²) in [6.45, 7) is 2.04. The molecule has 0 bridgehead atoms. The van der Waals surface area contributed by atoms with Crippen molar-refractivity contribution in [1.82, 2.24) is 9.97 Å². The van der Waals surface area contributed by atoms with Crippen LogP contribution >= 0.6 is 22.7 Å². The van der Waals surface area contributed by atoms with Gasteiger partial charge in [-0.2, -0.15) is 0 Å². The summed E-state index contributed by atoms with van der Waals surface area (Å²) in [7, 11) is 0. The molecule has 20 heavy (non-hydrogen) atoms. The smallest absolute Gasteiger partial charge is 0.276 e. The van der Waals surface area contributed by atoms with Crippen molar-refractivity contribution in [2.24, 2.45) is 0 Å². The maximum absolute atomic E-state index is 12.0. The SMILES string of the molecule is Cc1ccc(-c2nc(C(=O)Nc3nccs3)cs2)cc1. The number of anilines is 1. The number of nitrogens with one attached hydrogen (secondary N) is 1. The van der Waals surface area contributed by atoms with Gasteiger partial charge < -0.3 is 0 Å². The molecular weight excluding hydrogens is 290 g/mol. The van der Waals surface area contributed by atoms with E-state index in [1.807, 2.05) is 36.6 Å². The van der Waals surface area contributed by atoms with Crippen molar-refractivity contribution in [2.45, 2.75) is 6.92 Å². The van der Waals surface area contributed by atoms with Gasteiger partial charge in [0, 0.05) is 22.5 Å². The zero-order chi connectivity index (χ0) is 13.9. The van der Waals surface area contributed by atoms with E-state index in [9.17, 15) is 4.79 Å². The second-order valence-corrected chi connectivity index (χ2v) is 5.95. The van der Waals surface area contributed by atoms with E-state index in [4.69, 9.17) is 0 Å². The third-order valence-corrected chi connectivity index (χ3v) is 4.27. The van der Waals surface area contributed by atoms with Crippen LogP contribution in [-0.4, -0.2) is 15.9 Å². The van der Waals surface area contributed by atoms with Crippen molar-refractivity contribution in [3.8, 4) is 10.6 Å². The highest BCUT2D eigenvalue weighted by molar-refractivity contribution is 7.14. The second kappa shape index (κ2) is 5.52. The lowest BCUT2D eigenvalue weighted by Crippen LogP contribution is -2.11. The fraction of sp³-hybridized carbons (Fsp3) is 0.0714. The molecule has 2 heterocycles. The van der Waals surface area contributed by atoms with Gasteiger partial charge in [0.15, 0.2) is 5.13 Å². The standard InChI is InChI=1S/C14H11N3OS2/c1-9-2-4-10(5-3-9)13-16-11(8-20-13)12(18)17-14-15-6-7-19-14/h2-8H,1H3,(H,15,17,18). The van der Waals surface area contributed by atoms with Gasteiger partial charge in [-0.25, -0.2) is 9.97 Å². The van der Waals surface area contributed by atoms with Gasteiger partial charge in [-0.15, -0.1) is 22.7 Å². The summed E-state index contributed by atoms with van der Waals surface area (Å²) in [5.74, 6) is -0.227. The third-order valence-electron chi connectivity index (χ3n) is 2.69. The molecule has 0 fully saturated rings. The van der Waals surface area contributed by atoms with Crippen molar-refractivity contribution in [3.05, 3.63) is 52.5 Å². The van der Waals surface area contributed by atoms with Crippen molar-refractivity contribution < 1.29 is 4.79 Å². The fourth-order valence-electron chi connectivity index (χ4n) is 1.65. The normalized spacial score (nSPS) is 10.4. The average Bonchev–Trinajstić information content (AvgIpc) is 3.10. The van der Waals surface area contributed by atoms with E-state index in [1.54, 1.807) is 11.6 Å². The third kappa shape index (κ3) is 2.76. The Morgan fingerprint density at radius 2 is 2.00 bits per heavy atom. The van der Waals surface area contributed by atoms with Gasteiger partial charge in [0.05, 0.1) is 0 Å². The molecule has 0 saturated heterocycles. The minimum absolute atomic E-state index is 0.227. The molecule has 3 aromatic rings. The van der Waals surface area contributed by atoms with Gasteiger partial charge in [-0.1, -0.05) is 29.8 Å². The zero-order valence-corrected chi connectivity index (χ0v) is 12.3. The lowest BCUT2D eigenvalue weighted by Gasteiger charge is -1.98. The topological polar surface area (TPSA) is 54.9 Å². The molecule has 0 aliphatic heterocycles. The number of carbonyl (C=O) groups excluding carboxylic acids is 1. The van der Waals surface area contributed by atoms with Crippen LogP contribution in [0.15, 0.2) is 41.2 Å². The number of thiazole rings is 2. The number of rotatable bonds is 3. The molecule has 0 spiro atoms. The number of nitrogens with zero attached hydrogens (tertiary/aromatic N) is 2. The Morgan fingerprint density at radius 1 is 1.20 bits per heavy atom. The van der Waals surface area contributed by atoms with Crippen LogP contribution in [0.4, 0.5) is 5.13 Å². The molecule has 0 saturated carbocycles. The molecule has 0 atom stereocenters. The summed E-state index contributed by atoms with van der Waals surface area (Å²) in [5, 5.41) is 7.73. The Labute approximate surface area is 124 Å². The molecule has 0 aliphatic carbocycles. The number of hydrogen-bond acceptors (Lipinski definition) is 5. The molecule has 2 aromatic heterocycles. The molecule has 1 aromatic carbocycles. The predicted octanol–water partition coefficient (Wildman–Crippen LogP) is 3.83. The Bertz CT molecular complexity index is 717. The highest BCUT2D eigenvalue weighted by Gasteiger charge is 2.12. The van der Waals surface area contributed by atoms with Crippen molar-refractivity contribution in [3.63, 3.8) is 0 Å². The lowest BCUT2D eigenvalue weighted by molar-refractivity contribution is 0.102. The molecule has 3 rings (SSSR count). The summed E-state index contributed by atoms with van der Waals surface area (Å²) < 4.78 is 0. The Balaban J connectivity index is 1.79. The summed E-state index contributed by atoms with van der Waals surface area (Å²) in [4.78, 5) is 20.4. The number of amides is 1. The molecule has 6 heteroatoms. The van der Waals surface area contributed by atoms with Crippen LogP contribution in [0.5, 0.6) is 0 Å². The van der Waals surface area contributed by atoms with Crippen LogP contribution < -0.4 is 5.32 Å². The number of hydrogen-bond donors (Lipinski definition) is 1. The summed E-state index contributed by atoms with van der Waals surface area (Å²) in [6.07, 6.45) is 1.65. The first-order chi connectivity index (χ1) is 9.72. The van der Waals surface area contributed by atoms with E-state index in [-0.39, 0.29) is 5.91 Å². The van der Waals surface area contributed by atoms with E-state index in [0.717, 1.165) is 10.6 Å².